The standard InChI is InChI=1S/C14H11Br2Cl3F3NO4/c1-2-9(24)27-10-7(3-6(15)4-8(10)16)11(25)23-12(14(17,18)19)26-5-13(20,21)22/h3-4,12H,2,5H2,1H3,(H,23,25). The summed E-state index contributed by atoms with van der Waals surface area (Å²) in [6, 6.07) is 2.78. The highest BCUT2D eigenvalue weighted by Crippen LogP contribution is 2.35. The topological polar surface area (TPSA) is 64.6 Å². The van der Waals surface area contributed by atoms with Crippen molar-refractivity contribution >= 4 is 78.5 Å². The maximum absolute atomic E-state index is 12.5. The number of ether oxygens (including phenoxy) is 2. The Kier molecular flexibility index (Phi) is 9.15. The van der Waals surface area contributed by atoms with E-state index in [9.17, 15) is 22.8 Å². The predicted molar refractivity (Wildman–Crippen MR) is 101 cm³/mol. The summed E-state index contributed by atoms with van der Waals surface area (Å²) in [4.78, 5) is 24.1. The van der Waals surface area contributed by atoms with Gasteiger partial charge in [-0.25, -0.2) is 0 Å². The van der Waals surface area contributed by atoms with Gasteiger partial charge in [-0.15, -0.1) is 0 Å². The molecule has 1 aromatic carbocycles. The number of esters is 1. The van der Waals surface area contributed by atoms with Crippen molar-refractivity contribution in [3.05, 3.63) is 26.6 Å². The van der Waals surface area contributed by atoms with Crippen LogP contribution >= 0.6 is 66.7 Å². The van der Waals surface area contributed by atoms with Gasteiger partial charge in [0.1, 0.15) is 6.61 Å². The molecule has 1 unspecified atom stereocenters. The molecule has 0 bridgehead atoms. The molecule has 0 aromatic heterocycles. The molecule has 0 spiro atoms. The smallest absolute Gasteiger partial charge is 0.411 e. The molecule has 1 N–H and O–H groups in total. The summed E-state index contributed by atoms with van der Waals surface area (Å²) in [7, 11) is 0. The normalized spacial score (nSPS) is 13.2. The number of rotatable bonds is 6. The minimum Gasteiger partial charge on any atom is -0.424 e. The first-order chi connectivity index (χ1) is 12.2. The summed E-state index contributed by atoms with van der Waals surface area (Å²) in [5, 5.41) is 2.04. The van der Waals surface area contributed by atoms with E-state index in [1.165, 1.54) is 12.1 Å². The Bertz CT molecular complexity index is 714. The van der Waals surface area contributed by atoms with Crippen LogP contribution in [0.25, 0.3) is 0 Å². The molecular weight excluding hydrogens is 569 g/mol. The molecule has 0 saturated heterocycles. The average Bonchev–Trinajstić information content (AvgIpc) is 2.51. The van der Waals surface area contributed by atoms with E-state index in [0.29, 0.717) is 4.47 Å². The fourth-order valence-electron chi connectivity index (χ4n) is 1.61. The third-order valence-corrected chi connectivity index (χ3v) is 4.37. The first-order valence-corrected chi connectivity index (χ1v) is 9.72. The number of carbonyl (C=O) groups is 2. The van der Waals surface area contributed by atoms with Crippen LogP contribution in [0.4, 0.5) is 13.2 Å². The molecular formula is C14H11Br2Cl3F3NO4. The van der Waals surface area contributed by atoms with Crippen molar-refractivity contribution in [2.45, 2.75) is 29.5 Å². The van der Waals surface area contributed by atoms with Gasteiger partial charge in [0.05, 0.1) is 10.0 Å². The summed E-state index contributed by atoms with van der Waals surface area (Å²) in [6.07, 6.45) is -6.61. The number of hydrogen-bond acceptors (Lipinski definition) is 4. The molecule has 0 saturated carbocycles. The molecule has 152 valence electrons. The van der Waals surface area contributed by atoms with Gasteiger partial charge in [0, 0.05) is 10.9 Å². The first-order valence-electron chi connectivity index (χ1n) is 7.00. The fourth-order valence-corrected chi connectivity index (χ4v) is 3.27. The Hall–Kier alpha value is -0.260. The number of amides is 1. The molecule has 13 heteroatoms. The molecule has 0 heterocycles. The predicted octanol–water partition coefficient (Wildman–Crippen LogP) is 5.53. The van der Waals surface area contributed by atoms with Crippen molar-refractivity contribution in [2.24, 2.45) is 0 Å². The Labute approximate surface area is 184 Å². The molecule has 5 nitrogen and oxygen atoms in total. The number of alkyl halides is 6. The lowest BCUT2D eigenvalue weighted by molar-refractivity contribution is -0.186. The van der Waals surface area contributed by atoms with Crippen LogP contribution in [0, 0.1) is 0 Å². The highest BCUT2D eigenvalue weighted by Gasteiger charge is 2.39. The van der Waals surface area contributed by atoms with Crippen LogP contribution in [-0.2, 0) is 9.53 Å². The van der Waals surface area contributed by atoms with E-state index in [0.717, 1.165) is 0 Å². The van der Waals surface area contributed by atoms with Crippen LogP contribution in [0.1, 0.15) is 23.7 Å². The summed E-state index contributed by atoms with van der Waals surface area (Å²) in [6.45, 7) is -0.218. The first kappa shape index (κ1) is 24.8. The Balaban J connectivity index is 3.16. The van der Waals surface area contributed by atoms with Crippen molar-refractivity contribution < 1.29 is 32.2 Å². The second-order valence-electron chi connectivity index (χ2n) is 4.91. The molecule has 1 rings (SSSR count). The third kappa shape index (κ3) is 8.33. The van der Waals surface area contributed by atoms with E-state index in [2.05, 4.69) is 36.6 Å². The van der Waals surface area contributed by atoms with Gasteiger partial charge in [0.15, 0.2) is 12.0 Å². The van der Waals surface area contributed by atoms with E-state index in [4.69, 9.17) is 39.5 Å². The molecule has 1 atom stereocenters. The Morgan fingerprint density at radius 1 is 1.22 bits per heavy atom. The number of hydrogen-bond donors (Lipinski definition) is 1. The molecule has 1 amide bonds. The molecule has 0 aliphatic heterocycles. The maximum Gasteiger partial charge on any atom is 0.411 e. The van der Waals surface area contributed by atoms with Crippen molar-refractivity contribution in [3.63, 3.8) is 0 Å². The zero-order valence-corrected chi connectivity index (χ0v) is 18.7. The van der Waals surface area contributed by atoms with Gasteiger partial charge < -0.3 is 14.8 Å². The molecule has 0 radical (unpaired) electrons. The van der Waals surface area contributed by atoms with Crippen LogP contribution in [0.3, 0.4) is 0 Å². The van der Waals surface area contributed by atoms with Gasteiger partial charge in [-0.05, 0) is 28.1 Å². The van der Waals surface area contributed by atoms with Crippen LogP contribution < -0.4 is 10.1 Å². The quantitative estimate of drug-likeness (QED) is 0.208. The van der Waals surface area contributed by atoms with Crippen molar-refractivity contribution in [2.75, 3.05) is 6.61 Å². The van der Waals surface area contributed by atoms with Crippen LogP contribution in [0.2, 0.25) is 0 Å². The van der Waals surface area contributed by atoms with Crippen LogP contribution in [0.15, 0.2) is 21.1 Å². The van der Waals surface area contributed by atoms with E-state index in [-0.39, 0.29) is 22.2 Å². The molecule has 0 aliphatic carbocycles. The zero-order chi connectivity index (χ0) is 21.0. The lowest BCUT2D eigenvalue weighted by Crippen LogP contribution is -2.47. The summed E-state index contributed by atoms with van der Waals surface area (Å²) in [5.74, 6) is -1.78. The average molecular weight is 580 g/mol. The van der Waals surface area contributed by atoms with E-state index < -0.39 is 34.7 Å². The van der Waals surface area contributed by atoms with Crippen molar-refractivity contribution in [1.82, 2.24) is 5.32 Å². The largest absolute Gasteiger partial charge is 0.424 e. The SMILES string of the molecule is CCC(=O)Oc1c(Br)cc(Br)cc1C(=O)NC(OCC(F)(F)F)C(Cl)(Cl)Cl. The van der Waals surface area contributed by atoms with Gasteiger partial charge in [0.25, 0.3) is 5.91 Å². The molecule has 0 aliphatic rings. The monoisotopic (exact) mass is 577 g/mol. The minimum atomic E-state index is -4.71. The number of carbonyl (C=O) groups excluding carboxylic acids is 2. The maximum atomic E-state index is 12.5. The number of benzene rings is 1. The lowest BCUT2D eigenvalue weighted by Gasteiger charge is -2.26. The van der Waals surface area contributed by atoms with E-state index in [1.807, 2.05) is 5.32 Å². The number of halogens is 8. The van der Waals surface area contributed by atoms with Gasteiger partial charge >= 0.3 is 12.1 Å². The third-order valence-electron chi connectivity index (χ3n) is 2.73. The van der Waals surface area contributed by atoms with Gasteiger partial charge in [-0.1, -0.05) is 57.7 Å². The summed E-state index contributed by atoms with van der Waals surface area (Å²) < 4.78 is 45.0. The fraction of sp³-hybridized carbons (Fsp3) is 0.429. The summed E-state index contributed by atoms with van der Waals surface area (Å²) in [5.41, 5.74) is -0.201. The second kappa shape index (κ2) is 9.98. The van der Waals surface area contributed by atoms with Crippen molar-refractivity contribution in [3.8, 4) is 5.75 Å². The Morgan fingerprint density at radius 3 is 2.30 bits per heavy atom. The van der Waals surface area contributed by atoms with Gasteiger partial charge in [-0.3, -0.25) is 9.59 Å². The second-order valence-corrected chi connectivity index (χ2v) is 9.05. The van der Waals surface area contributed by atoms with Gasteiger partial charge in [-0.2, -0.15) is 13.2 Å². The Morgan fingerprint density at radius 2 is 1.81 bits per heavy atom. The molecule has 1 aromatic rings. The highest BCUT2D eigenvalue weighted by molar-refractivity contribution is 9.11. The van der Waals surface area contributed by atoms with Gasteiger partial charge in [0.2, 0.25) is 3.79 Å². The lowest BCUT2D eigenvalue weighted by atomic mass is 10.2. The van der Waals surface area contributed by atoms with E-state index >= 15 is 0 Å². The number of nitrogens with one attached hydrogen (secondary N) is 1. The highest BCUT2D eigenvalue weighted by atomic mass is 79.9. The van der Waals surface area contributed by atoms with E-state index in [1.54, 1.807) is 6.92 Å². The molecule has 0 fully saturated rings. The van der Waals surface area contributed by atoms with Crippen molar-refractivity contribution in [1.29, 1.82) is 0 Å². The minimum absolute atomic E-state index is 0.0229. The molecule has 27 heavy (non-hydrogen) atoms. The zero-order valence-electron chi connectivity index (χ0n) is 13.3. The van der Waals surface area contributed by atoms with Crippen LogP contribution in [-0.4, -0.2) is 34.7 Å². The van der Waals surface area contributed by atoms with Crippen LogP contribution in [0.5, 0.6) is 5.75 Å². The summed E-state index contributed by atoms with van der Waals surface area (Å²) >= 11 is 23.1.